The number of hydrogen-bond acceptors (Lipinski definition) is 2. The lowest BCUT2D eigenvalue weighted by Gasteiger charge is -2.20. The van der Waals surface area contributed by atoms with E-state index in [-0.39, 0.29) is 0 Å². The molecule has 0 spiro atoms. The zero-order valence-electron chi connectivity index (χ0n) is 13.4. The van der Waals surface area contributed by atoms with Crippen LogP contribution in [-0.2, 0) is 6.42 Å². The van der Waals surface area contributed by atoms with Gasteiger partial charge in [-0.1, -0.05) is 29.8 Å². The van der Waals surface area contributed by atoms with Crippen LogP contribution in [0.5, 0.6) is 0 Å². The van der Waals surface area contributed by atoms with E-state index < -0.39 is 0 Å². The molecule has 2 aromatic rings. The highest BCUT2D eigenvalue weighted by Crippen LogP contribution is 2.35. The van der Waals surface area contributed by atoms with Crippen LogP contribution in [0.15, 0.2) is 36.4 Å². The van der Waals surface area contributed by atoms with E-state index in [9.17, 15) is 0 Å². The van der Waals surface area contributed by atoms with Gasteiger partial charge in [0.05, 0.1) is 6.04 Å². The molecule has 0 fully saturated rings. The van der Waals surface area contributed by atoms with Crippen molar-refractivity contribution in [3.8, 4) is 0 Å². The smallest absolute Gasteiger partial charge is 0.0519 e. The van der Waals surface area contributed by atoms with Gasteiger partial charge in [0, 0.05) is 25.5 Å². The first-order valence-corrected chi connectivity index (χ1v) is 7.68. The number of nitrogens with zero attached hydrogens (tertiary/aromatic N) is 1. The third-order valence-corrected chi connectivity index (χ3v) is 4.41. The van der Waals surface area contributed by atoms with Gasteiger partial charge in [-0.2, -0.15) is 0 Å². The van der Waals surface area contributed by atoms with E-state index in [2.05, 4.69) is 74.6 Å². The molecule has 1 atom stereocenters. The van der Waals surface area contributed by atoms with E-state index in [1.165, 1.54) is 46.5 Å². The summed E-state index contributed by atoms with van der Waals surface area (Å²) < 4.78 is 0. The number of fused-ring (bicyclic) bond motifs is 1. The molecule has 0 radical (unpaired) electrons. The van der Waals surface area contributed by atoms with E-state index in [1.54, 1.807) is 0 Å². The van der Waals surface area contributed by atoms with Crippen LogP contribution in [0.1, 0.15) is 34.7 Å². The lowest BCUT2D eigenvalue weighted by Crippen LogP contribution is -2.12. The van der Waals surface area contributed by atoms with Crippen LogP contribution in [-0.4, -0.2) is 14.1 Å². The van der Waals surface area contributed by atoms with Crippen LogP contribution in [0, 0.1) is 13.8 Å². The molecule has 1 aliphatic rings. The van der Waals surface area contributed by atoms with Crippen molar-refractivity contribution in [2.24, 2.45) is 0 Å². The first kappa shape index (κ1) is 14.0. The fourth-order valence-electron chi connectivity index (χ4n) is 3.25. The van der Waals surface area contributed by atoms with Gasteiger partial charge in [-0.25, -0.2) is 0 Å². The van der Waals surface area contributed by atoms with Gasteiger partial charge >= 0.3 is 0 Å². The quantitative estimate of drug-likeness (QED) is 0.892. The maximum atomic E-state index is 3.72. The predicted octanol–water partition coefficient (Wildman–Crippen LogP) is 4.47. The van der Waals surface area contributed by atoms with Gasteiger partial charge < -0.3 is 10.2 Å². The van der Waals surface area contributed by atoms with Crippen molar-refractivity contribution < 1.29 is 0 Å². The number of aryl methyl sites for hydroxylation is 3. The second kappa shape index (κ2) is 5.44. The molecule has 0 heterocycles. The van der Waals surface area contributed by atoms with Crippen molar-refractivity contribution in [1.29, 1.82) is 0 Å². The molecular formula is C19H24N2. The van der Waals surface area contributed by atoms with Gasteiger partial charge in [0.1, 0.15) is 0 Å². The Bertz CT molecular complexity index is 659. The van der Waals surface area contributed by atoms with E-state index in [1.807, 2.05) is 0 Å². The summed E-state index contributed by atoms with van der Waals surface area (Å²) in [4.78, 5) is 2.17. The molecule has 1 N–H and O–H groups in total. The van der Waals surface area contributed by atoms with Crippen LogP contribution >= 0.6 is 0 Å². The molecule has 2 nitrogen and oxygen atoms in total. The van der Waals surface area contributed by atoms with Crippen molar-refractivity contribution in [1.82, 2.24) is 0 Å². The summed E-state index contributed by atoms with van der Waals surface area (Å²) in [5.74, 6) is 0. The average Bonchev–Trinajstić information content (AvgIpc) is 2.83. The van der Waals surface area contributed by atoms with Crippen molar-refractivity contribution in [2.45, 2.75) is 32.7 Å². The highest BCUT2D eigenvalue weighted by molar-refractivity contribution is 5.62. The topological polar surface area (TPSA) is 15.3 Å². The Balaban J connectivity index is 1.86. The summed E-state index contributed by atoms with van der Waals surface area (Å²) in [5.41, 5.74) is 8.12. The second-order valence-corrected chi connectivity index (χ2v) is 6.33. The normalized spacial score (nSPS) is 16.7. The molecular weight excluding hydrogens is 256 g/mol. The molecule has 2 heteroatoms. The van der Waals surface area contributed by atoms with Gasteiger partial charge in [0.25, 0.3) is 0 Å². The summed E-state index contributed by atoms with van der Waals surface area (Å²) >= 11 is 0. The summed E-state index contributed by atoms with van der Waals surface area (Å²) in [6.07, 6.45) is 2.36. The fourth-order valence-corrected chi connectivity index (χ4v) is 3.25. The van der Waals surface area contributed by atoms with Gasteiger partial charge in [-0.3, -0.25) is 0 Å². The number of nitrogens with one attached hydrogen (secondary N) is 1. The van der Waals surface area contributed by atoms with Gasteiger partial charge in [-0.05, 0) is 55.5 Å². The molecule has 2 aromatic carbocycles. The molecule has 0 saturated heterocycles. The third kappa shape index (κ3) is 2.76. The third-order valence-electron chi connectivity index (χ3n) is 4.41. The van der Waals surface area contributed by atoms with Crippen LogP contribution in [0.2, 0.25) is 0 Å². The van der Waals surface area contributed by atoms with E-state index in [4.69, 9.17) is 0 Å². The molecule has 3 rings (SSSR count). The largest absolute Gasteiger partial charge is 0.378 e. The van der Waals surface area contributed by atoms with E-state index >= 15 is 0 Å². The Labute approximate surface area is 127 Å². The van der Waals surface area contributed by atoms with E-state index in [0.29, 0.717) is 6.04 Å². The molecule has 1 aliphatic carbocycles. The van der Waals surface area contributed by atoms with Crippen molar-refractivity contribution in [3.05, 3.63) is 58.7 Å². The van der Waals surface area contributed by atoms with E-state index in [0.717, 1.165) is 0 Å². The highest BCUT2D eigenvalue weighted by atomic mass is 15.1. The minimum absolute atomic E-state index is 0.442. The zero-order chi connectivity index (χ0) is 15.0. The molecule has 0 amide bonds. The lowest BCUT2D eigenvalue weighted by molar-refractivity contribution is 0.761. The summed E-state index contributed by atoms with van der Waals surface area (Å²) in [6.45, 7) is 4.33. The lowest BCUT2D eigenvalue weighted by atomic mass is 10.0. The molecule has 1 unspecified atom stereocenters. The summed E-state index contributed by atoms with van der Waals surface area (Å²) in [7, 11) is 4.20. The molecule has 21 heavy (non-hydrogen) atoms. The zero-order valence-corrected chi connectivity index (χ0v) is 13.4. The minimum Gasteiger partial charge on any atom is -0.378 e. The first-order chi connectivity index (χ1) is 10.0. The van der Waals surface area contributed by atoms with Crippen LogP contribution in [0.3, 0.4) is 0 Å². The van der Waals surface area contributed by atoms with Gasteiger partial charge in [-0.15, -0.1) is 0 Å². The monoisotopic (exact) mass is 280 g/mol. The molecule has 110 valence electrons. The van der Waals surface area contributed by atoms with Crippen LogP contribution in [0.25, 0.3) is 0 Å². The van der Waals surface area contributed by atoms with Crippen molar-refractivity contribution in [2.75, 3.05) is 24.3 Å². The Morgan fingerprint density at radius 2 is 1.86 bits per heavy atom. The summed E-state index contributed by atoms with van der Waals surface area (Å²) in [5, 5.41) is 3.72. The number of hydrogen-bond donors (Lipinski definition) is 1. The number of benzene rings is 2. The molecule has 0 bridgehead atoms. The number of rotatable bonds is 3. The maximum Gasteiger partial charge on any atom is 0.0519 e. The second-order valence-electron chi connectivity index (χ2n) is 6.33. The minimum atomic E-state index is 0.442. The first-order valence-electron chi connectivity index (χ1n) is 7.68. The Kier molecular flexibility index (Phi) is 3.62. The predicted molar refractivity (Wildman–Crippen MR) is 91.4 cm³/mol. The van der Waals surface area contributed by atoms with Crippen molar-refractivity contribution >= 4 is 11.4 Å². The maximum absolute atomic E-state index is 3.72. The standard InChI is InChI=1S/C19H24N2/c1-13-5-7-15-8-10-18(17(15)11-13)20-16-9-6-14(2)19(12-16)21(3)4/h5-7,9,11-12,18,20H,8,10H2,1-4H3. The van der Waals surface area contributed by atoms with Crippen molar-refractivity contribution in [3.63, 3.8) is 0 Å². The van der Waals surface area contributed by atoms with Gasteiger partial charge in [0.2, 0.25) is 0 Å². The molecule has 0 aliphatic heterocycles. The highest BCUT2D eigenvalue weighted by Gasteiger charge is 2.22. The average molecular weight is 280 g/mol. The fraction of sp³-hybridized carbons (Fsp3) is 0.368. The van der Waals surface area contributed by atoms with Gasteiger partial charge in [0.15, 0.2) is 0 Å². The molecule has 0 saturated carbocycles. The Morgan fingerprint density at radius 3 is 2.62 bits per heavy atom. The Morgan fingerprint density at radius 1 is 1.05 bits per heavy atom. The SMILES string of the molecule is Cc1ccc2c(c1)C(Nc1ccc(C)c(N(C)C)c1)CC2. The summed E-state index contributed by atoms with van der Waals surface area (Å²) in [6, 6.07) is 13.9. The van der Waals surface area contributed by atoms with Crippen LogP contribution in [0.4, 0.5) is 11.4 Å². The molecule has 0 aromatic heterocycles. The Hall–Kier alpha value is -1.96. The number of anilines is 2. The van der Waals surface area contributed by atoms with Crippen LogP contribution < -0.4 is 10.2 Å².